The van der Waals surface area contributed by atoms with Crippen molar-refractivity contribution >= 4 is 5.97 Å². The van der Waals surface area contributed by atoms with E-state index in [0.717, 1.165) is 30.0 Å². The minimum absolute atomic E-state index is 0.341. The van der Waals surface area contributed by atoms with E-state index in [2.05, 4.69) is 29.5 Å². The summed E-state index contributed by atoms with van der Waals surface area (Å²) < 4.78 is 4.58. The van der Waals surface area contributed by atoms with Gasteiger partial charge < -0.3 is 14.9 Å². The summed E-state index contributed by atoms with van der Waals surface area (Å²) in [5.74, 6) is -0.341. The summed E-state index contributed by atoms with van der Waals surface area (Å²) in [5.41, 5.74) is 5.71. The van der Waals surface area contributed by atoms with Crippen molar-refractivity contribution < 1.29 is 19.7 Å². The molecule has 2 unspecified atom stereocenters. The second kappa shape index (κ2) is 9.32. The summed E-state index contributed by atoms with van der Waals surface area (Å²) in [6, 6.07) is 14.2. The van der Waals surface area contributed by atoms with Gasteiger partial charge >= 0.3 is 5.97 Å². The van der Waals surface area contributed by atoms with Gasteiger partial charge in [0.2, 0.25) is 0 Å². The molecule has 4 heteroatoms. The third-order valence-electron chi connectivity index (χ3n) is 4.28. The van der Waals surface area contributed by atoms with Crippen LogP contribution >= 0.6 is 0 Å². The van der Waals surface area contributed by atoms with Crippen LogP contribution in [0.5, 0.6) is 0 Å². The fourth-order valence-electron chi connectivity index (χ4n) is 2.98. The average Bonchev–Trinajstić information content (AvgIpc) is 3.04. The molecule has 2 atom stereocenters. The SMILES string of the molecule is C=CC(=O)OCCC.CC(O)C(O)c1cccc2c1Cc1ccccc1-2. The van der Waals surface area contributed by atoms with Gasteiger partial charge in [-0.25, -0.2) is 4.79 Å². The first-order valence-corrected chi connectivity index (χ1v) is 8.85. The molecule has 0 bridgehead atoms. The Hall–Kier alpha value is -2.43. The Balaban J connectivity index is 0.000000260. The van der Waals surface area contributed by atoms with Gasteiger partial charge in [0.05, 0.1) is 12.7 Å². The molecule has 3 rings (SSSR count). The van der Waals surface area contributed by atoms with Crippen molar-refractivity contribution in [2.75, 3.05) is 6.61 Å². The number of fused-ring (bicyclic) bond motifs is 3. The normalized spacial score (nSPS) is 13.5. The lowest BCUT2D eigenvalue weighted by atomic mass is 9.95. The van der Waals surface area contributed by atoms with Crippen LogP contribution < -0.4 is 0 Å². The summed E-state index contributed by atoms with van der Waals surface area (Å²) in [4.78, 5) is 10.2. The van der Waals surface area contributed by atoms with Gasteiger partial charge in [-0.1, -0.05) is 56.0 Å². The first-order valence-electron chi connectivity index (χ1n) is 8.85. The highest BCUT2D eigenvalue weighted by Crippen LogP contribution is 2.40. The van der Waals surface area contributed by atoms with Crippen LogP contribution in [0.2, 0.25) is 0 Å². The number of aliphatic hydroxyl groups excluding tert-OH is 2. The Labute approximate surface area is 154 Å². The van der Waals surface area contributed by atoms with Crippen LogP contribution in [0.1, 0.15) is 43.1 Å². The predicted molar refractivity (Wildman–Crippen MR) is 103 cm³/mol. The maximum absolute atomic E-state index is 10.2. The van der Waals surface area contributed by atoms with Crippen LogP contribution in [0.3, 0.4) is 0 Å². The number of rotatable bonds is 5. The molecule has 0 saturated heterocycles. The fraction of sp³-hybridized carbons (Fsp3) is 0.318. The molecule has 0 saturated carbocycles. The molecule has 0 radical (unpaired) electrons. The number of benzene rings is 2. The minimum Gasteiger partial charge on any atom is -0.463 e. The molecule has 0 spiro atoms. The van der Waals surface area contributed by atoms with E-state index in [4.69, 9.17) is 0 Å². The van der Waals surface area contributed by atoms with Crippen molar-refractivity contribution in [3.8, 4) is 11.1 Å². The van der Waals surface area contributed by atoms with Crippen LogP contribution in [0.25, 0.3) is 11.1 Å². The van der Waals surface area contributed by atoms with Gasteiger partial charge in [-0.05, 0) is 47.6 Å². The number of carbonyl (C=O) groups is 1. The molecule has 26 heavy (non-hydrogen) atoms. The van der Waals surface area contributed by atoms with E-state index >= 15 is 0 Å². The molecule has 1 aliphatic rings. The highest BCUT2D eigenvalue weighted by atomic mass is 16.5. The topological polar surface area (TPSA) is 66.8 Å². The summed E-state index contributed by atoms with van der Waals surface area (Å²) in [6.45, 7) is 7.29. The van der Waals surface area contributed by atoms with Crippen molar-refractivity contribution in [3.05, 3.63) is 71.8 Å². The molecule has 2 N–H and O–H groups in total. The number of hydrogen-bond acceptors (Lipinski definition) is 4. The molecule has 0 fully saturated rings. The highest BCUT2D eigenvalue weighted by Gasteiger charge is 2.24. The minimum atomic E-state index is -0.811. The van der Waals surface area contributed by atoms with Gasteiger partial charge in [0, 0.05) is 6.08 Å². The third kappa shape index (κ3) is 4.59. The zero-order chi connectivity index (χ0) is 19.1. The highest BCUT2D eigenvalue weighted by molar-refractivity contribution is 5.81. The van der Waals surface area contributed by atoms with Crippen LogP contribution in [0, 0.1) is 0 Å². The summed E-state index contributed by atoms with van der Waals surface area (Å²) >= 11 is 0. The molecule has 0 amide bonds. The van der Waals surface area contributed by atoms with Crippen LogP contribution in [0.4, 0.5) is 0 Å². The standard InChI is InChI=1S/C16H16O2.C6H10O2/c1-10(17)16(18)14-8-4-7-13-12-6-3-2-5-11(12)9-15(13)14;1-3-5-8-6(7)4-2/h2-8,10,16-18H,9H2,1H3;4H,2-3,5H2,1H3. The lowest BCUT2D eigenvalue weighted by molar-refractivity contribution is -0.137. The second-order valence-corrected chi connectivity index (χ2v) is 6.26. The molecule has 1 aliphatic carbocycles. The Bertz CT molecular complexity index is 764. The number of hydrogen-bond donors (Lipinski definition) is 2. The summed E-state index contributed by atoms with van der Waals surface area (Å²) in [6.07, 6.45) is 1.30. The zero-order valence-corrected chi connectivity index (χ0v) is 15.3. The Morgan fingerprint density at radius 2 is 1.88 bits per heavy atom. The van der Waals surface area contributed by atoms with Gasteiger partial charge in [0.15, 0.2) is 0 Å². The smallest absolute Gasteiger partial charge is 0.330 e. The predicted octanol–water partition coefficient (Wildman–Crippen LogP) is 3.80. The second-order valence-electron chi connectivity index (χ2n) is 6.26. The van der Waals surface area contributed by atoms with Crippen molar-refractivity contribution in [3.63, 3.8) is 0 Å². The number of aliphatic hydroxyl groups is 2. The molecule has 2 aromatic rings. The van der Waals surface area contributed by atoms with Crippen molar-refractivity contribution in [1.29, 1.82) is 0 Å². The van der Waals surface area contributed by atoms with Gasteiger partial charge in [0.25, 0.3) is 0 Å². The molecular weight excluding hydrogens is 328 g/mol. The number of ether oxygens (including phenoxy) is 1. The van der Waals surface area contributed by atoms with Gasteiger partial charge in [-0.3, -0.25) is 0 Å². The monoisotopic (exact) mass is 354 g/mol. The van der Waals surface area contributed by atoms with Crippen molar-refractivity contribution in [2.45, 2.75) is 38.9 Å². The number of carbonyl (C=O) groups excluding carboxylic acids is 1. The Morgan fingerprint density at radius 3 is 2.54 bits per heavy atom. The van der Waals surface area contributed by atoms with Crippen LogP contribution in [-0.4, -0.2) is 28.9 Å². The maximum atomic E-state index is 10.2. The van der Waals surface area contributed by atoms with E-state index in [0.29, 0.717) is 6.61 Å². The van der Waals surface area contributed by atoms with Crippen LogP contribution in [-0.2, 0) is 16.0 Å². The molecule has 138 valence electrons. The van der Waals surface area contributed by atoms with Crippen molar-refractivity contribution in [2.24, 2.45) is 0 Å². The Kier molecular flexibility index (Phi) is 7.13. The maximum Gasteiger partial charge on any atom is 0.330 e. The van der Waals surface area contributed by atoms with E-state index in [1.165, 1.54) is 16.7 Å². The summed E-state index contributed by atoms with van der Waals surface area (Å²) in [5, 5.41) is 19.7. The van der Waals surface area contributed by atoms with E-state index in [1.54, 1.807) is 6.92 Å². The summed E-state index contributed by atoms with van der Waals surface area (Å²) in [7, 11) is 0. The largest absolute Gasteiger partial charge is 0.463 e. The van der Waals surface area contributed by atoms with Gasteiger partial charge in [-0.2, -0.15) is 0 Å². The quantitative estimate of drug-likeness (QED) is 0.540. The van der Waals surface area contributed by atoms with E-state index < -0.39 is 12.2 Å². The van der Waals surface area contributed by atoms with E-state index in [9.17, 15) is 15.0 Å². The first-order chi connectivity index (χ1) is 12.5. The van der Waals surface area contributed by atoms with Gasteiger partial charge in [-0.15, -0.1) is 0 Å². The molecule has 0 aromatic heterocycles. The molecule has 4 nitrogen and oxygen atoms in total. The van der Waals surface area contributed by atoms with Crippen molar-refractivity contribution in [1.82, 2.24) is 0 Å². The molecule has 0 aliphatic heterocycles. The fourth-order valence-corrected chi connectivity index (χ4v) is 2.98. The van der Waals surface area contributed by atoms with E-state index in [-0.39, 0.29) is 5.97 Å². The molecule has 2 aromatic carbocycles. The zero-order valence-electron chi connectivity index (χ0n) is 15.3. The lowest BCUT2D eigenvalue weighted by Gasteiger charge is -2.17. The van der Waals surface area contributed by atoms with Gasteiger partial charge in [0.1, 0.15) is 6.10 Å². The first kappa shape index (κ1) is 19.9. The molecule has 0 heterocycles. The average molecular weight is 354 g/mol. The lowest BCUT2D eigenvalue weighted by Crippen LogP contribution is -2.15. The van der Waals surface area contributed by atoms with Crippen LogP contribution in [0.15, 0.2) is 55.1 Å². The third-order valence-corrected chi connectivity index (χ3v) is 4.28. The number of esters is 1. The Morgan fingerprint density at radius 1 is 1.19 bits per heavy atom. The molecular formula is C22H26O4. The van der Waals surface area contributed by atoms with E-state index in [1.807, 2.05) is 31.2 Å².